The van der Waals surface area contributed by atoms with Crippen molar-refractivity contribution in [3.63, 3.8) is 0 Å². The van der Waals surface area contributed by atoms with Crippen LogP contribution in [0.15, 0.2) is 0 Å². The summed E-state index contributed by atoms with van der Waals surface area (Å²) in [6, 6.07) is 0.210. The second-order valence-corrected chi connectivity index (χ2v) is 6.17. The summed E-state index contributed by atoms with van der Waals surface area (Å²) >= 11 is 0. The van der Waals surface area contributed by atoms with E-state index in [9.17, 15) is 9.59 Å². The maximum absolute atomic E-state index is 12.2. The Hall–Kier alpha value is -1.30. The van der Waals surface area contributed by atoms with Gasteiger partial charge in [-0.25, -0.2) is 4.79 Å². The monoisotopic (exact) mass is 283 g/mol. The molecule has 0 aromatic rings. The fourth-order valence-electron chi connectivity index (χ4n) is 3.16. The van der Waals surface area contributed by atoms with Crippen LogP contribution in [0.2, 0.25) is 0 Å². The topological polar surface area (TPSA) is 81.7 Å². The second kappa shape index (κ2) is 6.43. The third kappa shape index (κ3) is 3.62. The third-order valence-electron chi connectivity index (χ3n) is 4.73. The number of carbonyl (C=O) groups excluding carboxylic acids is 1. The molecule has 0 unspecified atom stereocenters. The van der Waals surface area contributed by atoms with Gasteiger partial charge in [0.2, 0.25) is 0 Å². The highest BCUT2D eigenvalue weighted by molar-refractivity contribution is 5.74. The minimum absolute atomic E-state index is 0.0754. The zero-order valence-electron chi connectivity index (χ0n) is 12.2. The highest BCUT2D eigenvalue weighted by Gasteiger charge is 2.39. The molecule has 3 N–H and O–H groups in total. The van der Waals surface area contributed by atoms with Crippen LogP contribution < -0.4 is 10.6 Å². The summed E-state index contributed by atoms with van der Waals surface area (Å²) in [6.07, 6.45) is 4.97. The zero-order chi connectivity index (χ0) is 14.6. The molecule has 1 aliphatic carbocycles. The van der Waals surface area contributed by atoms with Crippen molar-refractivity contribution in [1.82, 2.24) is 15.5 Å². The number of urea groups is 1. The number of carboxylic acids is 1. The van der Waals surface area contributed by atoms with Crippen molar-refractivity contribution in [2.24, 2.45) is 5.41 Å². The Kier molecular flexibility index (Phi) is 4.86. The molecular weight excluding hydrogens is 258 g/mol. The molecule has 1 saturated carbocycles. The first kappa shape index (κ1) is 15.1. The van der Waals surface area contributed by atoms with Gasteiger partial charge in [-0.3, -0.25) is 4.79 Å². The van der Waals surface area contributed by atoms with Crippen molar-refractivity contribution in [3.8, 4) is 0 Å². The first-order valence-electron chi connectivity index (χ1n) is 7.46. The predicted molar refractivity (Wildman–Crippen MR) is 75.6 cm³/mol. The third-order valence-corrected chi connectivity index (χ3v) is 4.73. The molecule has 0 bridgehead atoms. The van der Waals surface area contributed by atoms with Gasteiger partial charge >= 0.3 is 12.0 Å². The number of nitrogens with zero attached hydrogens (tertiary/aromatic N) is 1. The summed E-state index contributed by atoms with van der Waals surface area (Å²) in [6.45, 7) is 2.38. The number of nitrogens with one attached hydrogen (secondary N) is 2. The van der Waals surface area contributed by atoms with Crippen LogP contribution in [-0.2, 0) is 4.79 Å². The number of amides is 2. The van der Waals surface area contributed by atoms with Crippen molar-refractivity contribution in [2.45, 2.75) is 44.6 Å². The van der Waals surface area contributed by atoms with Crippen LogP contribution in [0.3, 0.4) is 0 Å². The molecule has 1 heterocycles. The summed E-state index contributed by atoms with van der Waals surface area (Å²) in [7, 11) is 1.83. The molecule has 2 rings (SSSR count). The number of carbonyl (C=O) groups is 2. The number of hydrogen-bond donors (Lipinski definition) is 3. The zero-order valence-corrected chi connectivity index (χ0v) is 12.2. The van der Waals surface area contributed by atoms with E-state index in [4.69, 9.17) is 5.11 Å². The van der Waals surface area contributed by atoms with Gasteiger partial charge in [0.05, 0.1) is 6.42 Å². The Balaban J connectivity index is 1.80. The molecule has 1 saturated heterocycles. The van der Waals surface area contributed by atoms with Gasteiger partial charge in [-0.15, -0.1) is 0 Å². The van der Waals surface area contributed by atoms with Crippen LogP contribution in [0.4, 0.5) is 4.79 Å². The first-order valence-corrected chi connectivity index (χ1v) is 7.46. The van der Waals surface area contributed by atoms with Crippen LogP contribution in [0.1, 0.15) is 38.5 Å². The van der Waals surface area contributed by atoms with Crippen molar-refractivity contribution < 1.29 is 14.7 Å². The van der Waals surface area contributed by atoms with Crippen LogP contribution in [0.25, 0.3) is 0 Å². The fourth-order valence-corrected chi connectivity index (χ4v) is 3.16. The van der Waals surface area contributed by atoms with Gasteiger partial charge in [-0.1, -0.05) is 6.42 Å². The summed E-state index contributed by atoms with van der Waals surface area (Å²) in [5, 5.41) is 15.2. The average molecular weight is 283 g/mol. The van der Waals surface area contributed by atoms with Gasteiger partial charge in [-0.2, -0.15) is 0 Å². The van der Waals surface area contributed by atoms with Crippen LogP contribution in [0.5, 0.6) is 0 Å². The van der Waals surface area contributed by atoms with Crippen molar-refractivity contribution >= 4 is 12.0 Å². The van der Waals surface area contributed by atoms with Gasteiger partial charge in [0.25, 0.3) is 0 Å². The number of rotatable bonds is 5. The van der Waals surface area contributed by atoms with Gasteiger partial charge in [-0.05, 0) is 44.2 Å². The lowest BCUT2D eigenvalue weighted by atomic mass is 9.66. The maximum atomic E-state index is 12.2. The minimum Gasteiger partial charge on any atom is -0.481 e. The van der Waals surface area contributed by atoms with E-state index < -0.39 is 5.97 Å². The average Bonchev–Trinajstić information content (AvgIpc) is 2.41. The minimum atomic E-state index is -0.773. The Bertz CT molecular complexity index is 363. The lowest BCUT2D eigenvalue weighted by molar-refractivity contribution is -0.141. The molecule has 2 aliphatic rings. The second-order valence-electron chi connectivity index (χ2n) is 6.17. The fraction of sp³-hybridized carbons (Fsp3) is 0.857. The van der Waals surface area contributed by atoms with Crippen LogP contribution in [-0.4, -0.2) is 54.7 Å². The van der Waals surface area contributed by atoms with Crippen LogP contribution >= 0.6 is 0 Å². The van der Waals surface area contributed by atoms with Gasteiger partial charge in [0.15, 0.2) is 0 Å². The molecule has 2 fully saturated rings. The van der Waals surface area contributed by atoms with Crippen molar-refractivity contribution in [1.29, 1.82) is 0 Å². The molecule has 0 aromatic carbocycles. The molecule has 20 heavy (non-hydrogen) atoms. The Morgan fingerprint density at radius 1 is 1.35 bits per heavy atom. The lowest BCUT2D eigenvalue weighted by Crippen LogP contribution is -2.51. The normalized spacial score (nSPS) is 21.9. The summed E-state index contributed by atoms with van der Waals surface area (Å²) < 4.78 is 0. The summed E-state index contributed by atoms with van der Waals surface area (Å²) in [5.41, 5.74) is -0.212. The van der Waals surface area contributed by atoms with E-state index in [2.05, 4.69) is 10.6 Å². The SMILES string of the molecule is CN(C(=O)NCC1(CC(=O)O)CCC1)C1CCNCC1. The molecule has 0 aromatic heterocycles. The Morgan fingerprint density at radius 2 is 2.00 bits per heavy atom. The highest BCUT2D eigenvalue weighted by atomic mass is 16.4. The molecule has 114 valence electrons. The number of aliphatic carboxylic acids is 1. The molecule has 2 amide bonds. The van der Waals surface area contributed by atoms with E-state index in [1.807, 2.05) is 7.05 Å². The summed E-state index contributed by atoms with van der Waals surface area (Å²) in [5.74, 6) is -0.773. The van der Waals surface area contributed by atoms with Crippen molar-refractivity contribution in [2.75, 3.05) is 26.7 Å². The number of carboxylic acid groups (broad SMARTS) is 1. The smallest absolute Gasteiger partial charge is 0.317 e. The van der Waals surface area contributed by atoms with E-state index in [1.165, 1.54) is 0 Å². The molecule has 6 nitrogen and oxygen atoms in total. The van der Waals surface area contributed by atoms with E-state index in [-0.39, 0.29) is 23.9 Å². The Morgan fingerprint density at radius 3 is 2.50 bits per heavy atom. The Labute approximate surface area is 119 Å². The van der Waals surface area contributed by atoms with Gasteiger partial charge in [0.1, 0.15) is 0 Å². The molecule has 0 atom stereocenters. The van der Waals surface area contributed by atoms with E-state index in [0.29, 0.717) is 6.54 Å². The largest absolute Gasteiger partial charge is 0.481 e. The molecule has 0 radical (unpaired) electrons. The molecular formula is C14H25N3O3. The van der Waals surface area contributed by atoms with Crippen molar-refractivity contribution in [3.05, 3.63) is 0 Å². The van der Waals surface area contributed by atoms with Crippen LogP contribution in [0, 0.1) is 5.41 Å². The highest BCUT2D eigenvalue weighted by Crippen LogP contribution is 2.43. The molecule has 6 heteroatoms. The maximum Gasteiger partial charge on any atom is 0.317 e. The number of hydrogen-bond acceptors (Lipinski definition) is 3. The van der Waals surface area contributed by atoms with E-state index >= 15 is 0 Å². The molecule has 0 spiro atoms. The lowest BCUT2D eigenvalue weighted by Gasteiger charge is -2.41. The van der Waals surface area contributed by atoms with Gasteiger partial charge in [0, 0.05) is 19.6 Å². The predicted octanol–water partition coefficient (Wildman–Crippen LogP) is 1.02. The van der Waals surface area contributed by atoms with E-state index in [1.54, 1.807) is 4.90 Å². The first-order chi connectivity index (χ1) is 9.52. The quantitative estimate of drug-likeness (QED) is 0.704. The molecule has 1 aliphatic heterocycles. The van der Waals surface area contributed by atoms with Gasteiger partial charge < -0.3 is 20.6 Å². The summed E-state index contributed by atoms with van der Waals surface area (Å²) in [4.78, 5) is 24.8. The number of piperidine rings is 1. The standard InChI is InChI=1S/C14H25N3O3/c1-17(11-3-7-15-8-4-11)13(20)16-10-14(5-2-6-14)9-12(18)19/h11,15H,2-10H2,1H3,(H,16,20)(H,18,19). The van der Waals surface area contributed by atoms with E-state index in [0.717, 1.165) is 45.2 Å².